The third-order valence-electron chi connectivity index (χ3n) is 3.12. The lowest BCUT2D eigenvalue weighted by Gasteiger charge is -2.13. The van der Waals surface area contributed by atoms with Crippen LogP contribution in [0.5, 0.6) is 11.5 Å². The van der Waals surface area contributed by atoms with E-state index in [-0.39, 0.29) is 6.79 Å². The highest BCUT2D eigenvalue weighted by atomic mass is 79.9. The van der Waals surface area contributed by atoms with Gasteiger partial charge in [0.2, 0.25) is 6.79 Å². The second-order valence-electron chi connectivity index (χ2n) is 4.43. The van der Waals surface area contributed by atoms with E-state index in [9.17, 15) is 5.11 Å². The van der Waals surface area contributed by atoms with Gasteiger partial charge in [-0.3, -0.25) is 0 Å². The second-order valence-corrected chi connectivity index (χ2v) is 5.29. The molecule has 3 rings (SSSR count). The molecule has 2 aromatic rings. The molecule has 1 heterocycles. The number of rotatable bonds is 3. The third-order valence-corrected chi connectivity index (χ3v) is 3.81. The first-order chi connectivity index (χ1) is 9.24. The molecular formula is C15H13BrO3. The molecule has 1 N–H and O–H groups in total. The molecule has 98 valence electrons. The van der Waals surface area contributed by atoms with Gasteiger partial charge in [-0.2, -0.15) is 0 Å². The molecule has 0 bridgehead atoms. The fraction of sp³-hybridized carbons (Fsp3) is 0.200. The van der Waals surface area contributed by atoms with Crippen molar-refractivity contribution in [3.63, 3.8) is 0 Å². The highest BCUT2D eigenvalue weighted by molar-refractivity contribution is 9.10. The Morgan fingerprint density at radius 1 is 1.11 bits per heavy atom. The lowest BCUT2D eigenvalue weighted by atomic mass is 10.0. The van der Waals surface area contributed by atoms with Gasteiger partial charge in [-0.15, -0.1) is 0 Å². The molecule has 0 amide bonds. The minimum Gasteiger partial charge on any atom is -0.454 e. The molecule has 0 saturated carbocycles. The highest BCUT2D eigenvalue weighted by Crippen LogP contribution is 2.39. The number of halogens is 1. The SMILES string of the molecule is OC(Cc1ccccc1)c1cc2c(cc1Br)OCO2. The Morgan fingerprint density at radius 3 is 2.53 bits per heavy atom. The number of aliphatic hydroxyl groups excluding tert-OH is 1. The van der Waals surface area contributed by atoms with Crippen molar-refractivity contribution in [1.82, 2.24) is 0 Å². The summed E-state index contributed by atoms with van der Waals surface area (Å²) < 4.78 is 11.5. The van der Waals surface area contributed by atoms with Gasteiger partial charge in [0.05, 0.1) is 6.10 Å². The zero-order chi connectivity index (χ0) is 13.2. The van der Waals surface area contributed by atoms with E-state index in [4.69, 9.17) is 9.47 Å². The largest absolute Gasteiger partial charge is 0.454 e. The van der Waals surface area contributed by atoms with Crippen LogP contribution in [0.25, 0.3) is 0 Å². The molecule has 1 aliphatic heterocycles. The fourth-order valence-corrected chi connectivity index (χ4v) is 2.72. The predicted octanol–water partition coefficient (Wildman–Crippen LogP) is 3.45. The van der Waals surface area contributed by atoms with Crippen molar-refractivity contribution in [2.75, 3.05) is 6.79 Å². The Balaban J connectivity index is 1.86. The van der Waals surface area contributed by atoms with Gasteiger partial charge in [-0.25, -0.2) is 0 Å². The molecule has 3 nitrogen and oxygen atoms in total. The highest BCUT2D eigenvalue weighted by Gasteiger charge is 2.20. The van der Waals surface area contributed by atoms with E-state index in [0.29, 0.717) is 17.9 Å². The van der Waals surface area contributed by atoms with Crippen molar-refractivity contribution in [3.05, 3.63) is 58.1 Å². The Kier molecular flexibility index (Phi) is 3.44. The number of hydrogen-bond acceptors (Lipinski definition) is 3. The summed E-state index contributed by atoms with van der Waals surface area (Å²) in [4.78, 5) is 0. The van der Waals surface area contributed by atoms with Crippen LogP contribution < -0.4 is 9.47 Å². The fourth-order valence-electron chi connectivity index (χ4n) is 2.14. The van der Waals surface area contributed by atoms with Crippen LogP contribution in [0, 0.1) is 0 Å². The number of aliphatic hydroxyl groups is 1. The van der Waals surface area contributed by atoms with E-state index in [1.807, 2.05) is 42.5 Å². The standard InChI is InChI=1S/C15H13BrO3/c16-12-8-15-14(18-9-19-15)7-11(12)13(17)6-10-4-2-1-3-5-10/h1-5,7-8,13,17H,6,9H2. The molecule has 1 atom stereocenters. The summed E-state index contributed by atoms with van der Waals surface area (Å²) in [5.41, 5.74) is 1.91. The van der Waals surface area contributed by atoms with Gasteiger partial charge < -0.3 is 14.6 Å². The second kappa shape index (κ2) is 5.23. The molecule has 0 aromatic heterocycles. The minimum absolute atomic E-state index is 0.236. The maximum absolute atomic E-state index is 10.4. The summed E-state index contributed by atoms with van der Waals surface area (Å²) in [5.74, 6) is 1.40. The Hall–Kier alpha value is -1.52. The average molecular weight is 321 g/mol. The molecule has 1 aliphatic rings. The molecule has 0 aliphatic carbocycles. The average Bonchev–Trinajstić information content (AvgIpc) is 2.86. The summed E-state index contributed by atoms with van der Waals surface area (Å²) in [7, 11) is 0. The molecule has 4 heteroatoms. The lowest BCUT2D eigenvalue weighted by molar-refractivity contribution is 0.171. The Labute approximate surface area is 119 Å². The van der Waals surface area contributed by atoms with Crippen molar-refractivity contribution in [3.8, 4) is 11.5 Å². The van der Waals surface area contributed by atoms with Gasteiger partial charge >= 0.3 is 0 Å². The van der Waals surface area contributed by atoms with E-state index >= 15 is 0 Å². The number of fused-ring (bicyclic) bond motifs is 1. The summed E-state index contributed by atoms with van der Waals surface area (Å²) in [5, 5.41) is 10.4. The van der Waals surface area contributed by atoms with Crippen LogP contribution in [-0.4, -0.2) is 11.9 Å². The van der Waals surface area contributed by atoms with E-state index < -0.39 is 6.10 Å². The maximum atomic E-state index is 10.4. The van der Waals surface area contributed by atoms with Crippen LogP contribution in [0.4, 0.5) is 0 Å². The van der Waals surface area contributed by atoms with Crippen LogP contribution >= 0.6 is 15.9 Å². The van der Waals surface area contributed by atoms with E-state index in [2.05, 4.69) is 15.9 Å². The van der Waals surface area contributed by atoms with Gasteiger partial charge in [0, 0.05) is 10.9 Å². The molecular weight excluding hydrogens is 308 g/mol. The van der Waals surface area contributed by atoms with Gasteiger partial charge in [0.25, 0.3) is 0 Å². The van der Waals surface area contributed by atoms with Gasteiger partial charge in [0.1, 0.15) is 0 Å². The van der Waals surface area contributed by atoms with Crippen molar-refractivity contribution in [2.45, 2.75) is 12.5 Å². The van der Waals surface area contributed by atoms with Gasteiger partial charge in [0.15, 0.2) is 11.5 Å². The summed E-state index contributed by atoms with van der Waals surface area (Å²) in [6, 6.07) is 13.6. The summed E-state index contributed by atoms with van der Waals surface area (Å²) in [6.45, 7) is 0.236. The molecule has 2 aromatic carbocycles. The topological polar surface area (TPSA) is 38.7 Å². The molecule has 1 unspecified atom stereocenters. The smallest absolute Gasteiger partial charge is 0.231 e. The molecule has 0 spiro atoms. The minimum atomic E-state index is -0.578. The summed E-state index contributed by atoms with van der Waals surface area (Å²) >= 11 is 3.47. The van der Waals surface area contributed by atoms with Crippen molar-refractivity contribution < 1.29 is 14.6 Å². The van der Waals surface area contributed by atoms with E-state index in [1.165, 1.54) is 0 Å². The predicted molar refractivity (Wildman–Crippen MR) is 75.4 cm³/mol. The summed E-state index contributed by atoms with van der Waals surface area (Å²) in [6.07, 6.45) is -0.00899. The number of hydrogen-bond donors (Lipinski definition) is 1. The first-order valence-electron chi connectivity index (χ1n) is 6.05. The first kappa shape index (κ1) is 12.5. The Morgan fingerprint density at radius 2 is 1.79 bits per heavy atom. The van der Waals surface area contributed by atoms with Gasteiger partial charge in [-0.1, -0.05) is 46.3 Å². The third kappa shape index (κ3) is 2.60. The molecule has 0 fully saturated rings. The number of ether oxygens (including phenoxy) is 2. The molecule has 19 heavy (non-hydrogen) atoms. The molecule has 0 saturated heterocycles. The molecule has 0 radical (unpaired) electrons. The number of benzene rings is 2. The van der Waals surface area contributed by atoms with Crippen LogP contribution in [-0.2, 0) is 6.42 Å². The van der Waals surface area contributed by atoms with Crippen LogP contribution in [0.3, 0.4) is 0 Å². The van der Waals surface area contributed by atoms with E-state index in [0.717, 1.165) is 15.6 Å². The zero-order valence-electron chi connectivity index (χ0n) is 10.2. The van der Waals surface area contributed by atoms with Gasteiger partial charge in [-0.05, 0) is 23.3 Å². The quantitative estimate of drug-likeness (QED) is 0.941. The van der Waals surface area contributed by atoms with Crippen LogP contribution in [0.2, 0.25) is 0 Å². The zero-order valence-corrected chi connectivity index (χ0v) is 11.8. The van der Waals surface area contributed by atoms with Crippen molar-refractivity contribution >= 4 is 15.9 Å². The Bertz CT molecular complexity index is 583. The first-order valence-corrected chi connectivity index (χ1v) is 6.84. The lowest BCUT2D eigenvalue weighted by Crippen LogP contribution is -2.02. The van der Waals surface area contributed by atoms with Crippen LogP contribution in [0.1, 0.15) is 17.2 Å². The van der Waals surface area contributed by atoms with Crippen molar-refractivity contribution in [2.24, 2.45) is 0 Å². The monoisotopic (exact) mass is 320 g/mol. The van der Waals surface area contributed by atoms with Crippen molar-refractivity contribution in [1.29, 1.82) is 0 Å². The van der Waals surface area contributed by atoms with E-state index in [1.54, 1.807) is 0 Å². The maximum Gasteiger partial charge on any atom is 0.231 e. The normalized spacial score (nSPS) is 14.4. The van der Waals surface area contributed by atoms with Crippen LogP contribution in [0.15, 0.2) is 46.9 Å².